The van der Waals surface area contributed by atoms with Crippen molar-refractivity contribution >= 4 is 45.8 Å². The number of likely N-dealkylation sites (tertiary alicyclic amines) is 2. The van der Waals surface area contributed by atoms with Gasteiger partial charge >= 0.3 is 6.09 Å². The fraction of sp³-hybridized carbons (Fsp3) is 0.406. The molecule has 2 saturated heterocycles. The zero-order chi connectivity index (χ0) is 29.2. The summed E-state index contributed by atoms with van der Waals surface area (Å²) in [6, 6.07) is 12.8. The Kier molecular flexibility index (Phi) is 7.99. The van der Waals surface area contributed by atoms with Crippen molar-refractivity contribution in [3.05, 3.63) is 59.5 Å². The predicted octanol–water partition coefficient (Wildman–Crippen LogP) is 5.22. The van der Waals surface area contributed by atoms with Crippen LogP contribution < -0.4 is 10.1 Å². The number of carbonyl (C=O) groups excluding carboxylic acids is 3. The van der Waals surface area contributed by atoms with Crippen molar-refractivity contribution in [2.45, 2.75) is 44.7 Å². The van der Waals surface area contributed by atoms with E-state index >= 15 is 0 Å². The summed E-state index contributed by atoms with van der Waals surface area (Å²) in [6.07, 6.45) is 6.07. The second-order valence-electron chi connectivity index (χ2n) is 11.6. The van der Waals surface area contributed by atoms with Gasteiger partial charge in [-0.2, -0.15) is 0 Å². The van der Waals surface area contributed by atoms with Gasteiger partial charge in [-0.15, -0.1) is 0 Å². The highest BCUT2D eigenvalue weighted by molar-refractivity contribution is 6.10. The number of carbonyl (C=O) groups is 3. The Balaban J connectivity index is 1.21. The van der Waals surface area contributed by atoms with Gasteiger partial charge in [-0.25, -0.2) is 4.79 Å². The van der Waals surface area contributed by atoms with E-state index in [1.807, 2.05) is 30.0 Å². The number of ether oxygens (including phenoxy) is 1. The van der Waals surface area contributed by atoms with Gasteiger partial charge in [-0.1, -0.05) is 6.42 Å². The number of piperidine rings is 2. The Morgan fingerprint density at radius 1 is 1.05 bits per heavy atom. The molecule has 2 fully saturated rings. The van der Waals surface area contributed by atoms with Crippen molar-refractivity contribution in [3.63, 3.8) is 0 Å². The van der Waals surface area contributed by atoms with E-state index < -0.39 is 0 Å². The summed E-state index contributed by atoms with van der Waals surface area (Å²) in [5, 5.41) is 4.13. The molecule has 2 aromatic carbocycles. The standard InChI is InChI=1S/C32H37N5O5/c1-35(2)19-25-24-18-27(31(39)30-17-21-16-22(33-20-38)6-8-28(21)41-30)34-26(24)7-9-29(25)42-32(40)37-14-10-23(11-15-37)36-12-4-3-5-13-36/h6-9,16-18,20,23,34H,3-5,10-15,19H2,1-2H3,(H,33,38). The summed E-state index contributed by atoms with van der Waals surface area (Å²) < 4.78 is 11.8. The largest absolute Gasteiger partial charge is 0.453 e. The van der Waals surface area contributed by atoms with E-state index in [2.05, 4.69) is 15.2 Å². The molecule has 2 aliphatic heterocycles. The minimum Gasteiger partial charge on any atom is -0.453 e. The van der Waals surface area contributed by atoms with Crippen molar-refractivity contribution < 1.29 is 23.5 Å². The lowest BCUT2D eigenvalue weighted by Gasteiger charge is -2.39. The molecule has 0 aliphatic carbocycles. The summed E-state index contributed by atoms with van der Waals surface area (Å²) in [4.78, 5) is 47.1. The molecule has 4 heterocycles. The smallest absolute Gasteiger partial charge is 0.415 e. The molecule has 10 nitrogen and oxygen atoms in total. The Labute approximate surface area is 244 Å². The van der Waals surface area contributed by atoms with Crippen LogP contribution in [0.25, 0.3) is 21.9 Å². The Morgan fingerprint density at radius 3 is 2.57 bits per heavy atom. The quantitative estimate of drug-likeness (QED) is 0.220. The molecule has 0 unspecified atom stereocenters. The van der Waals surface area contributed by atoms with E-state index in [9.17, 15) is 14.4 Å². The zero-order valence-corrected chi connectivity index (χ0v) is 24.2. The number of hydrogen-bond donors (Lipinski definition) is 2. The van der Waals surface area contributed by atoms with Crippen molar-refractivity contribution in [2.24, 2.45) is 0 Å². The number of amides is 2. The number of hydrogen-bond acceptors (Lipinski definition) is 7. The number of furan rings is 1. The number of anilines is 1. The number of aromatic nitrogens is 1. The van der Waals surface area contributed by atoms with Gasteiger partial charge < -0.3 is 34.2 Å². The van der Waals surface area contributed by atoms with Crippen LogP contribution >= 0.6 is 0 Å². The average molecular weight is 572 g/mol. The number of H-pyrrole nitrogens is 1. The zero-order valence-electron chi connectivity index (χ0n) is 24.2. The molecule has 2 aromatic heterocycles. The van der Waals surface area contributed by atoms with Gasteiger partial charge in [-0.05, 0) is 95.3 Å². The molecular formula is C32H37N5O5. The van der Waals surface area contributed by atoms with Crippen LogP contribution in [0.2, 0.25) is 0 Å². The normalized spacial score (nSPS) is 16.8. The van der Waals surface area contributed by atoms with Crippen LogP contribution in [0.1, 0.15) is 53.9 Å². The summed E-state index contributed by atoms with van der Waals surface area (Å²) in [5.74, 6) is 0.392. The summed E-state index contributed by atoms with van der Waals surface area (Å²) in [5.41, 5.74) is 3.14. The molecular weight excluding hydrogens is 534 g/mol. The van der Waals surface area contributed by atoms with Gasteiger partial charge in [0.05, 0.1) is 5.69 Å². The van der Waals surface area contributed by atoms with E-state index in [1.54, 1.807) is 36.4 Å². The maximum Gasteiger partial charge on any atom is 0.415 e. The third-order valence-corrected chi connectivity index (χ3v) is 8.38. The molecule has 0 radical (unpaired) electrons. The molecule has 2 aliphatic rings. The first-order valence-electron chi connectivity index (χ1n) is 14.7. The minimum atomic E-state index is -0.330. The second-order valence-corrected chi connectivity index (χ2v) is 11.6. The fourth-order valence-electron chi connectivity index (χ4n) is 6.24. The van der Waals surface area contributed by atoms with E-state index in [4.69, 9.17) is 9.15 Å². The SMILES string of the molecule is CN(C)Cc1c(OC(=O)N2CCC(N3CCCCC3)CC2)ccc2[nH]c(C(=O)c3cc4cc(NC=O)ccc4o3)cc12. The lowest BCUT2D eigenvalue weighted by atomic mass is 10.0. The average Bonchev–Trinajstić information content (AvgIpc) is 3.63. The number of fused-ring (bicyclic) bond motifs is 2. The molecule has 2 N–H and O–H groups in total. The van der Waals surface area contributed by atoms with Crippen LogP contribution in [0.4, 0.5) is 10.5 Å². The number of rotatable bonds is 8. The molecule has 6 rings (SSSR count). The van der Waals surface area contributed by atoms with Crippen LogP contribution in [-0.2, 0) is 11.3 Å². The molecule has 0 atom stereocenters. The van der Waals surface area contributed by atoms with Crippen LogP contribution in [-0.4, -0.2) is 84.3 Å². The number of nitrogens with one attached hydrogen (secondary N) is 2. The molecule has 0 saturated carbocycles. The Bertz CT molecular complexity index is 1610. The lowest BCUT2D eigenvalue weighted by molar-refractivity contribution is -0.105. The van der Waals surface area contributed by atoms with Crippen molar-refractivity contribution in [1.82, 2.24) is 19.7 Å². The van der Waals surface area contributed by atoms with Crippen LogP contribution in [0.3, 0.4) is 0 Å². The van der Waals surface area contributed by atoms with Gasteiger partial charge in [-0.3, -0.25) is 9.59 Å². The maximum atomic E-state index is 13.4. The van der Waals surface area contributed by atoms with Gasteiger partial charge in [0.1, 0.15) is 11.3 Å². The number of aromatic amines is 1. The molecule has 4 aromatic rings. The van der Waals surface area contributed by atoms with E-state index in [1.165, 1.54) is 32.4 Å². The second kappa shape index (κ2) is 12.0. The number of nitrogens with zero attached hydrogens (tertiary/aromatic N) is 3. The van der Waals surface area contributed by atoms with Crippen LogP contribution in [0.5, 0.6) is 5.75 Å². The first-order valence-corrected chi connectivity index (χ1v) is 14.7. The summed E-state index contributed by atoms with van der Waals surface area (Å²) in [6.45, 7) is 4.25. The van der Waals surface area contributed by atoms with Crippen LogP contribution in [0, 0.1) is 0 Å². The van der Waals surface area contributed by atoms with Crippen molar-refractivity contribution in [1.29, 1.82) is 0 Å². The highest BCUT2D eigenvalue weighted by Gasteiger charge is 2.29. The first kappa shape index (κ1) is 28.0. The lowest BCUT2D eigenvalue weighted by Crippen LogP contribution is -2.48. The molecule has 0 bridgehead atoms. The van der Waals surface area contributed by atoms with Gasteiger partial charge in [0.2, 0.25) is 12.2 Å². The minimum absolute atomic E-state index is 0.188. The topological polar surface area (TPSA) is 111 Å². The molecule has 2 amide bonds. The predicted molar refractivity (Wildman–Crippen MR) is 161 cm³/mol. The van der Waals surface area contributed by atoms with Gasteiger partial charge in [0.15, 0.2) is 5.76 Å². The monoisotopic (exact) mass is 571 g/mol. The summed E-state index contributed by atoms with van der Waals surface area (Å²) >= 11 is 0. The Morgan fingerprint density at radius 2 is 1.83 bits per heavy atom. The van der Waals surface area contributed by atoms with E-state index in [0.717, 1.165) is 29.3 Å². The number of benzene rings is 2. The van der Waals surface area contributed by atoms with Crippen molar-refractivity contribution in [2.75, 3.05) is 45.6 Å². The van der Waals surface area contributed by atoms with Gasteiger partial charge in [0.25, 0.3) is 0 Å². The molecule has 220 valence electrons. The molecule has 10 heteroatoms. The molecule has 42 heavy (non-hydrogen) atoms. The van der Waals surface area contributed by atoms with Gasteiger partial charge in [0, 0.05) is 53.2 Å². The fourth-order valence-corrected chi connectivity index (χ4v) is 6.24. The third kappa shape index (κ3) is 5.77. The van der Waals surface area contributed by atoms with E-state index in [-0.39, 0.29) is 17.6 Å². The van der Waals surface area contributed by atoms with Crippen LogP contribution in [0.15, 0.2) is 46.9 Å². The highest BCUT2D eigenvalue weighted by atomic mass is 16.6. The van der Waals surface area contributed by atoms with E-state index in [0.29, 0.717) is 60.2 Å². The first-order chi connectivity index (χ1) is 20.4. The Hall–Kier alpha value is -4.15. The molecule has 0 spiro atoms. The third-order valence-electron chi connectivity index (χ3n) is 8.38. The maximum absolute atomic E-state index is 13.4. The van der Waals surface area contributed by atoms with Crippen molar-refractivity contribution in [3.8, 4) is 5.75 Å². The highest BCUT2D eigenvalue weighted by Crippen LogP contribution is 2.32. The summed E-state index contributed by atoms with van der Waals surface area (Å²) in [7, 11) is 3.91. The number of ketones is 1.